The highest BCUT2D eigenvalue weighted by Crippen LogP contribution is 2.53. The lowest BCUT2D eigenvalue weighted by atomic mass is 9.77. The number of alkyl halides is 3. The number of sulfonamides is 4. The van der Waals surface area contributed by atoms with Crippen molar-refractivity contribution in [3.63, 3.8) is 0 Å². The summed E-state index contributed by atoms with van der Waals surface area (Å²) in [5.74, 6) is -0.751. The molecule has 2 unspecified atom stereocenters. The van der Waals surface area contributed by atoms with Crippen LogP contribution >= 0.6 is 174 Å². The van der Waals surface area contributed by atoms with Crippen LogP contribution in [-0.2, 0) is 98.5 Å². The lowest BCUT2D eigenvalue weighted by Crippen LogP contribution is -2.43. The van der Waals surface area contributed by atoms with Gasteiger partial charge in [0.05, 0.1) is 34.0 Å². The van der Waals surface area contributed by atoms with Gasteiger partial charge in [-0.05, 0) is 342 Å². The van der Waals surface area contributed by atoms with E-state index in [0.717, 1.165) is 190 Å². The number of hydrogen-bond donors (Lipinski definition) is 0. The first-order valence-corrected chi connectivity index (χ1v) is 55.4. The second-order valence-corrected chi connectivity index (χ2v) is 49.8. The molecule has 18 rings (SSSR count). The Balaban J connectivity index is 0.000000167. The molecule has 18 nitrogen and oxygen atoms in total. The molecule has 706 valence electrons. The van der Waals surface area contributed by atoms with Crippen LogP contribution in [-0.4, -0.2) is 145 Å². The fraction of sp³-hybridized carbons (Fsp3) is 0.415. The lowest BCUT2D eigenvalue weighted by molar-refractivity contribution is -0.107. The van der Waals surface area contributed by atoms with Crippen molar-refractivity contribution in [2.45, 2.75) is 172 Å². The molecule has 131 heavy (non-hydrogen) atoms. The first-order valence-electron chi connectivity index (χ1n) is 41.5. The van der Waals surface area contributed by atoms with E-state index in [9.17, 15) is 46.8 Å². The molecule has 5 aromatic heterocycles. The Morgan fingerprint density at radius 2 is 0.664 bits per heavy atom. The van der Waals surface area contributed by atoms with E-state index in [1.807, 2.05) is 55.0 Å². The average Bonchev–Trinajstić information content (AvgIpc) is 1.70. The highest BCUT2D eigenvalue weighted by atomic mass is 79.9. The molecule has 8 aliphatic rings. The molecular formula is C94H103Br8Cl4F3N10O8S4. The predicted octanol–water partition coefficient (Wildman–Crippen LogP) is 26.2. The van der Waals surface area contributed by atoms with Gasteiger partial charge >= 0.3 is 6.18 Å². The number of nitrogens with zero attached hydrogens (tertiary/aromatic N) is 10. The third kappa shape index (κ3) is 24.4. The Morgan fingerprint density at radius 3 is 0.939 bits per heavy atom. The fourth-order valence-corrected chi connectivity index (χ4v) is 31.0. The molecule has 0 radical (unpaired) electrons. The molecule has 0 amide bonds. The minimum absolute atomic E-state index is 0. The minimum Gasteiger partial charge on any atom is -0.339 e. The molecule has 9 heterocycles. The van der Waals surface area contributed by atoms with Gasteiger partial charge in [0.2, 0.25) is 30.1 Å². The molecule has 4 fully saturated rings. The van der Waals surface area contributed by atoms with Crippen LogP contribution in [0, 0.1) is 23.7 Å². The van der Waals surface area contributed by atoms with E-state index in [1.165, 1.54) is 60.7 Å². The van der Waals surface area contributed by atoms with Crippen molar-refractivity contribution >= 4 is 214 Å². The molecule has 0 bridgehead atoms. The van der Waals surface area contributed by atoms with Gasteiger partial charge in [-0.3, -0.25) is 19.9 Å². The number of halogens is 15. The smallest absolute Gasteiger partial charge is 0.339 e. The largest absolute Gasteiger partial charge is 0.404 e. The SMILES string of the molecule is C.C.C.C.C=CS(=O)(=O)N1CCC(C2c3ncc(Br)cc3CCc3cc(Cl)cc(Br)c32)CC1.Cn1cnc(S(=O)(=O)N2CCC([C@H]3c4ncc(Br)cc4CCc4cc(Cl)cc(Br)c43)CC2)c1.O=S(=O)(CC(F)(F)F)N1CCC(C2c3ncc(Br)cc3CCc3cc(Cl)cc(Br)c32)CC1.O=S(=O)(c1ccccc1)N1CCC([C@H]2c3ncc(Br)cc3CCc3cc(Cl)cc(Br)c32)CC1. The molecule has 4 saturated heterocycles. The number of imidazole rings is 1. The standard InChI is InChI=1S/C25H23Br2ClN2O2S.C23H23Br2ClN4O2S.C21H20Br2ClF3N2O2S.C21H21Br2ClN2O2S.4CH4/c26-19-12-18-7-6-17-13-20(28)14-22(27)23(17)24(25(18)29-15-19)16-8-10-30(11-9-16)33(31,32)21-4-2-1-3-5-21;1-29-12-20(28-13-29)33(31,32)30-6-4-14(5-7-30)22-21-15(9-18(26)10-19(21)25)2-3-16-8-17(24)11-27-23(16)22;22-15-7-14-2-1-13-8-16(24)9-17(23)18(13)19(20(14)28-10-15)12-3-5-29(6-4-12)32(30,31)11-21(25,26)27;1-2-29(27,28)26-7-5-13(6-8-26)20-19-14(10-17(24)11-18(19)23)3-4-15-9-16(22)12-25-21(15)20;;;;/h1-5,12-16,24H,6-11H2;8-14,22H,2-7H2,1H3;7-10,12,19H,1-6,11H2;2,9-13,20H,1,3-8H2;4*1H4/t24-;22-;;;;;;/m11....../s1. The predicted molar refractivity (Wildman–Crippen MR) is 548 cm³/mol. The molecule has 4 aliphatic heterocycles. The van der Waals surface area contributed by atoms with Gasteiger partial charge < -0.3 is 4.57 Å². The maximum absolute atomic E-state index is 13.1. The van der Waals surface area contributed by atoms with Gasteiger partial charge in [0.15, 0.2) is 10.8 Å². The molecule has 10 aromatic rings. The summed E-state index contributed by atoms with van der Waals surface area (Å²) >= 11 is 54.7. The quantitative estimate of drug-likeness (QED) is 0.111. The zero-order valence-electron chi connectivity index (χ0n) is 68.4. The first-order chi connectivity index (χ1) is 60.3. The van der Waals surface area contributed by atoms with Gasteiger partial charge in [-0.25, -0.2) is 43.0 Å². The molecule has 5 aromatic carbocycles. The van der Waals surface area contributed by atoms with Crippen molar-refractivity contribution in [2.24, 2.45) is 30.7 Å². The maximum atomic E-state index is 13.1. The number of rotatable bonds is 12. The summed E-state index contributed by atoms with van der Waals surface area (Å²) < 4.78 is 154. The van der Waals surface area contributed by atoms with Gasteiger partial charge in [0.1, 0.15) is 0 Å². The van der Waals surface area contributed by atoms with E-state index < -0.39 is 52.0 Å². The van der Waals surface area contributed by atoms with Gasteiger partial charge in [0.25, 0.3) is 10.0 Å². The number of piperidine rings is 4. The van der Waals surface area contributed by atoms with Crippen molar-refractivity contribution in [1.29, 1.82) is 0 Å². The van der Waals surface area contributed by atoms with Crippen molar-refractivity contribution in [3.05, 3.63) is 298 Å². The molecular weight excluding hydrogens is 2360 g/mol. The van der Waals surface area contributed by atoms with Gasteiger partial charge in [-0.15, -0.1) is 0 Å². The zero-order valence-corrected chi connectivity index (χ0v) is 87.4. The summed E-state index contributed by atoms with van der Waals surface area (Å²) in [6, 6.07) is 33.1. The van der Waals surface area contributed by atoms with Crippen LogP contribution in [0.3, 0.4) is 0 Å². The van der Waals surface area contributed by atoms with Crippen molar-refractivity contribution < 1.29 is 46.8 Å². The monoisotopic (exact) mass is 2460 g/mol. The van der Waals surface area contributed by atoms with Crippen LogP contribution in [0.5, 0.6) is 0 Å². The first kappa shape index (κ1) is 108. The number of pyridine rings is 4. The molecule has 0 spiro atoms. The normalized spacial score (nSPS) is 19.5. The van der Waals surface area contributed by atoms with Crippen LogP contribution in [0.1, 0.15) is 194 Å². The third-order valence-corrected chi connectivity index (χ3v) is 37.8. The van der Waals surface area contributed by atoms with Crippen molar-refractivity contribution in [3.8, 4) is 0 Å². The summed E-state index contributed by atoms with van der Waals surface area (Å²) in [6.07, 6.45) is 18.2. The Kier molecular flexibility index (Phi) is 37.0. The number of fused-ring (bicyclic) bond motifs is 8. The summed E-state index contributed by atoms with van der Waals surface area (Å²) in [5, 5.41) is 3.95. The van der Waals surface area contributed by atoms with Gasteiger partial charge in [0, 0.05) is 175 Å². The Hall–Kier alpha value is -3.92. The van der Waals surface area contributed by atoms with Gasteiger partial charge in [-0.1, -0.05) is 165 Å². The van der Waals surface area contributed by atoms with Gasteiger partial charge in [-0.2, -0.15) is 26.1 Å². The van der Waals surface area contributed by atoms with Crippen LogP contribution < -0.4 is 0 Å². The topological polar surface area (TPSA) is 219 Å². The maximum Gasteiger partial charge on any atom is 0.404 e. The van der Waals surface area contributed by atoms with Crippen molar-refractivity contribution in [2.75, 3.05) is 58.1 Å². The second-order valence-electron chi connectivity index (χ2n) is 33.3. The lowest BCUT2D eigenvalue weighted by Gasteiger charge is -2.36. The molecule has 4 atom stereocenters. The Bertz CT molecular complexity index is 6330. The summed E-state index contributed by atoms with van der Waals surface area (Å²) in [7, 11) is -13.1. The summed E-state index contributed by atoms with van der Waals surface area (Å²) in [5.41, 5.74) is 18.7. The molecule has 0 N–H and O–H groups in total. The van der Waals surface area contributed by atoms with Crippen LogP contribution in [0.25, 0.3) is 0 Å². The average molecular weight is 2470 g/mol. The zero-order chi connectivity index (χ0) is 90.5. The second kappa shape index (κ2) is 45.1. The highest BCUT2D eigenvalue weighted by molar-refractivity contribution is 9.11. The molecule has 4 aliphatic carbocycles. The van der Waals surface area contributed by atoms with E-state index in [-0.39, 0.29) is 89.2 Å². The third-order valence-electron chi connectivity index (χ3n) is 25.5. The van der Waals surface area contributed by atoms with E-state index in [2.05, 4.69) is 181 Å². The highest BCUT2D eigenvalue weighted by Gasteiger charge is 2.46. The van der Waals surface area contributed by atoms with E-state index in [0.29, 0.717) is 67.9 Å². The molecule has 37 heteroatoms. The summed E-state index contributed by atoms with van der Waals surface area (Å²) in [6.45, 7) is 6.52. The number of aromatic nitrogens is 6. The van der Waals surface area contributed by atoms with Crippen LogP contribution in [0.15, 0.2) is 198 Å². The van der Waals surface area contributed by atoms with E-state index in [1.54, 1.807) is 56.9 Å². The number of benzene rings is 5. The van der Waals surface area contributed by atoms with E-state index >= 15 is 0 Å². The van der Waals surface area contributed by atoms with Crippen LogP contribution in [0.2, 0.25) is 20.1 Å². The number of aryl methyl sites for hydroxylation is 9. The summed E-state index contributed by atoms with van der Waals surface area (Å²) in [4.78, 5) is 23.7. The minimum atomic E-state index is -4.75. The van der Waals surface area contributed by atoms with E-state index in [4.69, 9.17) is 66.3 Å². The Labute approximate surface area is 856 Å². The fourth-order valence-electron chi connectivity index (χ4n) is 19.8. The molecule has 0 saturated carbocycles. The van der Waals surface area contributed by atoms with Crippen LogP contribution in [0.4, 0.5) is 13.2 Å². The Morgan fingerprint density at radius 1 is 0.389 bits per heavy atom. The van der Waals surface area contributed by atoms with Crippen molar-refractivity contribution in [1.82, 2.24) is 46.7 Å². The number of hydrogen-bond acceptors (Lipinski definition) is 13.